The maximum Gasteiger partial charge on any atom is 0.269 e. The van der Waals surface area contributed by atoms with Crippen molar-refractivity contribution in [2.45, 2.75) is 36.2 Å². The van der Waals surface area contributed by atoms with Gasteiger partial charge in [-0.15, -0.1) is 16.8 Å². The van der Waals surface area contributed by atoms with Crippen LogP contribution in [-0.2, 0) is 11.3 Å². The van der Waals surface area contributed by atoms with E-state index in [0.717, 1.165) is 18.4 Å². The molecule has 124 valence electrons. The summed E-state index contributed by atoms with van der Waals surface area (Å²) in [5.74, 6) is 0.864. The summed E-state index contributed by atoms with van der Waals surface area (Å²) in [6.07, 6.45) is 4.14. The smallest absolute Gasteiger partial charge is 0.269 e. The predicted molar refractivity (Wildman–Crippen MR) is 90.8 cm³/mol. The maximum atomic E-state index is 11.9. The van der Waals surface area contributed by atoms with Gasteiger partial charge in [0.05, 0.1) is 10.2 Å². The van der Waals surface area contributed by atoms with E-state index in [-0.39, 0.29) is 16.7 Å². The van der Waals surface area contributed by atoms with Crippen molar-refractivity contribution in [2.24, 2.45) is 0 Å². The van der Waals surface area contributed by atoms with E-state index >= 15 is 0 Å². The van der Waals surface area contributed by atoms with Crippen molar-refractivity contribution in [1.29, 1.82) is 0 Å². The summed E-state index contributed by atoms with van der Waals surface area (Å²) in [7, 11) is 0. The topological polar surface area (TPSA) is 90.9 Å². The summed E-state index contributed by atoms with van der Waals surface area (Å²) >= 11 is 1.43. The van der Waals surface area contributed by atoms with Gasteiger partial charge in [0, 0.05) is 30.7 Å². The van der Waals surface area contributed by atoms with Gasteiger partial charge in [-0.1, -0.05) is 17.8 Å². The Labute approximate surface area is 142 Å². The van der Waals surface area contributed by atoms with Gasteiger partial charge >= 0.3 is 0 Å². The first-order valence-corrected chi connectivity index (χ1v) is 8.46. The van der Waals surface area contributed by atoms with E-state index in [2.05, 4.69) is 16.8 Å². The Bertz CT molecular complexity index is 785. The van der Waals surface area contributed by atoms with Crippen molar-refractivity contribution in [1.82, 2.24) is 14.8 Å². The second-order valence-corrected chi connectivity index (χ2v) is 6.64. The van der Waals surface area contributed by atoms with Crippen LogP contribution in [0.1, 0.15) is 19.3 Å². The molecule has 1 heterocycles. The number of nitro groups is 1. The Morgan fingerprint density at radius 3 is 2.71 bits per heavy atom. The fourth-order valence-corrected chi connectivity index (χ4v) is 3.82. The summed E-state index contributed by atoms with van der Waals surface area (Å²) in [5.41, 5.74) is 0.763. The number of rotatable bonds is 6. The van der Waals surface area contributed by atoms with Gasteiger partial charge in [0.15, 0.2) is 11.0 Å². The van der Waals surface area contributed by atoms with Crippen molar-refractivity contribution in [3.05, 3.63) is 47.0 Å². The van der Waals surface area contributed by atoms with Crippen LogP contribution in [0.4, 0.5) is 5.69 Å². The molecule has 1 fully saturated rings. The summed E-state index contributed by atoms with van der Waals surface area (Å²) in [6.45, 7) is 4.26. The number of allylic oxidation sites excluding steroid dienone is 1. The van der Waals surface area contributed by atoms with Crippen LogP contribution in [0.25, 0.3) is 11.4 Å². The number of non-ortho nitro benzene ring substituents is 1. The van der Waals surface area contributed by atoms with Crippen molar-refractivity contribution in [3.63, 3.8) is 0 Å². The Hall–Kier alpha value is -2.48. The third-order valence-electron chi connectivity index (χ3n) is 3.86. The average Bonchev–Trinajstić information content (AvgIpc) is 3.16. The second kappa shape index (κ2) is 6.96. The van der Waals surface area contributed by atoms with Crippen molar-refractivity contribution in [2.75, 3.05) is 0 Å². The van der Waals surface area contributed by atoms with E-state index in [9.17, 15) is 14.9 Å². The van der Waals surface area contributed by atoms with Crippen LogP contribution < -0.4 is 0 Å². The number of aromatic nitrogens is 3. The Balaban J connectivity index is 1.91. The minimum Gasteiger partial charge on any atom is -0.298 e. The molecule has 1 saturated carbocycles. The molecule has 2 aromatic rings. The van der Waals surface area contributed by atoms with E-state index < -0.39 is 4.92 Å². The zero-order valence-corrected chi connectivity index (χ0v) is 13.7. The zero-order valence-electron chi connectivity index (χ0n) is 12.9. The first-order chi connectivity index (χ1) is 11.6. The molecule has 1 aliphatic carbocycles. The van der Waals surface area contributed by atoms with Gasteiger partial charge in [0.2, 0.25) is 0 Å². The molecule has 3 rings (SSSR count). The molecule has 0 spiro atoms. The molecule has 8 heteroatoms. The number of Topliss-reactive ketones (excluding diaryl/α,β-unsaturated/α-hetero) is 1. The minimum absolute atomic E-state index is 0.0275. The molecule has 0 saturated heterocycles. The number of ketones is 1. The van der Waals surface area contributed by atoms with Gasteiger partial charge < -0.3 is 0 Å². The molecule has 0 amide bonds. The van der Waals surface area contributed by atoms with Gasteiger partial charge in [0.1, 0.15) is 5.78 Å². The van der Waals surface area contributed by atoms with E-state index in [1.165, 1.54) is 23.9 Å². The van der Waals surface area contributed by atoms with Crippen molar-refractivity contribution in [3.8, 4) is 11.4 Å². The summed E-state index contributed by atoms with van der Waals surface area (Å²) in [4.78, 5) is 22.2. The number of nitrogens with zero attached hydrogens (tertiary/aromatic N) is 4. The Morgan fingerprint density at radius 1 is 1.38 bits per heavy atom. The highest BCUT2D eigenvalue weighted by molar-refractivity contribution is 8.00. The Morgan fingerprint density at radius 2 is 2.12 bits per heavy atom. The van der Waals surface area contributed by atoms with E-state index in [4.69, 9.17) is 0 Å². The zero-order chi connectivity index (χ0) is 17.1. The van der Waals surface area contributed by atoms with Crippen LogP contribution in [0, 0.1) is 10.1 Å². The third-order valence-corrected chi connectivity index (χ3v) is 5.16. The van der Waals surface area contributed by atoms with Crippen molar-refractivity contribution < 1.29 is 9.72 Å². The number of hydrogen-bond donors (Lipinski definition) is 0. The second-order valence-electron chi connectivity index (χ2n) is 5.47. The lowest BCUT2D eigenvalue weighted by Crippen LogP contribution is -2.10. The number of hydrogen-bond acceptors (Lipinski definition) is 6. The average molecular weight is 344 g/mol. The Kier molecular flexibility index (Phi) is 4.75. The molecule has 1 aromatic heterocycles. The van der Waals surface area contributed by atoms with Gasteiger partial charge in [-0.2, -0.15) is 0 Å². The van der Waals surface area contributed by atoms with Gasteiger partial charge in [-0.05, 0) is 25.0 Å². The monoisotopic (exact) mass is 344 g/mol. The maximum absolute atomic E-state index is 11.9. The molecule has 1 atom stereocenters. The van der Waals surface area contributed by atoms with Gasteiger partial charge in [-0.25, -0.2) is 0 Å². The molecule has 24 heavy (non-hydrogen) atoms. The largest absolute Gasteiger partial charge is 0.298 e. The number of carbonyl (C=O) groups is 1. The predicted octanol–water partition coefficient (Wildman–Crippen LogP) is 3.25. The van der Waals surface area contributed by atoms with Crippen LogP contribution in [0.3, 0.4) is 0 Å². The van der Waals surface area contributed by atoms with Gasteiger partial charge in [0.25, 0.3) is 5.69 Å². The lowest BCUT2D eigenvalue weighted by atomic mass is 10.2. The van der Waals surface area contributed by atoms with Crippen LogP contribution in [-0.4, -0.2) is 30.7 Å². The standard InChI is InChI=1S/C16H16N4O3S/c1-2-10-19-15(11-6-8-12(9-7-11)20(22)23)17-18-16(19)24-14-5-3-4-13(14)21/h2,6-9,14H,1,3-5,10H2/t14-/m0/s1. The molecule has 0 unspecified atom stereocenters. The quantitative estimate of drug-likeness (QED) is 0.454. The number of benzene rings is 1. The van der Waals surface area contributed by atoms with E-state index in [1.54, 1.807) is 18.2 Å². The van der Waals surface area contributed by atoms with Crippen LogP contribution in [0.5, 0.6) is 0 Å². The van der Waals surface area contributed by atoms with Crippen LogP contribution in [0.15, 0.2) is 42.1 Å². The van der Waals surface area contributed by atoms with Gasteiger partial charge in [-0.3, -0.25) is 19.5 Å². The molecule has 7 nitrogen and oxygen atoms in total. The summed E-state index contributed by atoms with van der Waals surface area (Å²) < 4.78 is 1.88. The first-order valence-electron chi connectivity index (χ1n) is 7.58. The highest BCUT2D eigenvalue weighted by Gasteiger charge is 2.28. The van der Waals surface area contributed by atoms with E-state index in [1.807, 2.05) is 4.57 Å². The normalized spacial score (nSPS) is 17.2. The molecule has 1 aliphatic rings. The first kappa shape index (κ1) is 16.4. The summed E-state index contributed by atoms with van der Waals surface area (Å²) in [6, 6.07) is 6.18. The molecule has 0 N–H and O–H groups in total. The summed E-state index contributed by atoms with van der Waals surface area (Å²) in [5, 5.41) is 19.8. The third kappa shape index (κ3) is 3.23. The number of nitro benzene ring substituents is 1. The van der Waals surface area contributed by atoms with E-state index in [0.29, 0.717) is 23.9 Å². The highest BCUT2D eigenvalue weighted by Crippen LogP contribution is 2.33. The fourth-order valence-electron chi connectivity index (χ4n) is 2.65. The lowest BCUT2D eigenvalue weighted by Gasteiger charge is -2.10. The molecular formula is C16H16N4O3S. The minimum atomic E-state index is -0.439. The number of carbonyl (C=O) groups excluding carboxylic acids is 1. The SMILES string of the molecule is C=CCn1c(S[C@H]2CCCC2=O)nnc1-c1ccc([N+](=O)[O-])cc1. The fraction of sp³-hybridized carbons (Fsp3) is 0.312. The number of thioether (sulfide) groups is 1. The molecular weight excluding hydrogens is 328 g/mol. The van der Waals surface area contributed by atoms with Crippen LogP contribution in [0.2, 0.25) is 0 Å². The van der Waals surface area contributed by atoms with Crippen molar-refractivity contribution >= 4 is 23.2 Å². The molecule has 0 radical (unpaired) electrons. The lowest BCUT2D eigenvalue weighted by molar-refractivity contribution is -0.384. The molecule has 0 bridgehead atoms. The molecule has 1 aromatic carbocycles. The van der Waals surface area contributed by atoms with Crippen LogP contribution >= 0.6 is 11.8 Å². The highest BCUT2D eigenvalue weighted by atomic mass is 32.2. The molecule has 0 aliphatic heterocycles.